The third-order valence-corrected chi connectivity index (χ3v) is 5.89. The van der Waals surface area contributed by atoms with Gasteiger partial charge in [-0.05, 0) is 12.0 Å². The van der Waals surface area contributed by atoms with E-state index in [1.54, 1.807) is 20.3 Å². The Bertz CT molecular complexity index is 1190. The summed E-state index contributed by atoms with van der Waals surface area (Å²) in [4.78, 5) is 31.0. The first kappa shape index (κ1) is 22.1. The molecule has 34 heavy (non-hydrogen) atoms. The molecule has 1 unspecified atom stereocenters. The zero-order valence-corrected chi connectivity index (χ0v) is 18.3. The molecule has 4 heterocycles. The van der Waals surface area contributed by atoms with Gasteiger partial charge in [0.2, 0.25) is 11.7 Å². The maximum atomic E-state index is 13.4. The van der Waals surface area contributed by atoms with E-state index in [0.29, 0.717) is 44.1 Å². The Balaban J connectivity index is 1.18. The van der Waals surface area contributed by atoms with Crippen LogP contribution >= 0.6 is 0 Å². The van der Waals surface area contributed by atoms with Gasteiger partial charge in [0, 0.05) is 32.1 Å². The van der Waals surface area contributed by atoms with Crippen LogP contribution in [0.25, 0.3) is 0 Å². The van der Waals surface area contributed by atoms with Crippen LogP contribution in [-0.4, -0.2) is 66.3 Å². The van der Waals surface area contributed by atoms with Crippen molar-refractivity contribution in [1.82, 2.24) is 34.8 Å². The van der Waals surface area contributed by atoms with Gasteiger partial charge in [-0.1, -0.05) is 30.3 Å². The smallest absolute Gasteiger partial charge is 0.291 e. The number of benzene rings is 1. The number of nitrogens with zero attached hydrogens (tertiary/aromatic N) is 6. The second-order valence-electron chi connectivity index (χ2n) is 8.62. The van der Waals surface area contributed by atoms with Crippen molar-refractivity contribution in [2.75, 3.05) is 18.4 Å². The molecule has 178 valence electrons. The van der Waals surface area contributed by atoms with Gasteiger partial charge in [-0.15, -0.1) is 5.10 Å². The number of alkyl halides is 2. The van der Waals surface area contributed by atoms with Crippen LogP contribution < -0.4 is 10.6 Å². The quantitative estimate of drug-likeness (QED) is 0.565. The third kappa shape index (κ3) is 4.96. The Morgan fingerprint density at radius 3 is 2.76 bits per heavy atom. The lowest BCUT2D eigenvalue weighted by molar-refractivity contribution is -0.118. The number of aromatic nitrogens is 5. The molecule has 5 rings (SSSR count). The van der Waals surface area contributed by atoms with E-state index < -0.39 is 17.9 Å². The molecule has 10 nitrogen and oxygen atoms in total. The Labute approximate surface area is 193 Å². The van der Waals surface area contributed by atoms with E-state index in [0.717, 1.165) is 5.56 Å². The first-order valence-corrected chi connectivity index (χ1v) is 11.1. The van der Waals surface area contributed by atoms with Gasteiger partial charge in [-0.3, -0.25) is 14.5 Å². The number of nitrogens with one attached hydrogen (secondary N) is 2. The minimum atomic E-state index is -2.66. The number of carbonyl (C=O) groups excluding carboxylic acids is 2. The normalized spacial score (nSPS) is 19.9. The van der Waals surface area contributed by atoms with Gasteiger partial charge in [0.15, 0.2) is 0 Å². The molecule has 1 saturated heterocycles. The van der Waals surface area contributed by atoms with Gasteiger partial charge in [-0.25, -0.2) is 23.1 Å². The highest BCUT2D eigenvalue weighted by molar-refractivity contribution is 5.99. The Morgan fingerprint density at radius 1 is 1.18 bits per heavy atom. The van der Waals surface area contributed by atoms with Gasteiger partial charge in [0.25, 0.3) is 11.8 Å². The first-order chi connectivity index (χ1) is 16.3. The van der Waals surface area contributed by atoms with Gasteiger partial charge in [0.05, 0.1) is 18.8 Å². The lowest BCUT2D eigenvalue weighted by atomic mass is 10.2. The molecule has 2 N–H and O–H groups in total. The van der Waals surface area contributed by atoms with E-state index in [2.05, 4.69) is 25.8 Å². The number of hydrogen-bond donors (Lipinski definition) is 2. The highest BCUT2D eigenvalue weighted by Gasteiger charge is 2.38. The van der Waals surface area contributed by atoms with E-state index >= 15 is 0 Å². The predicted octanol–water partition coefficient (Wildman–Crippen LogP) is 1.50. The lowest BCUT2D eigenvalue weighted by Gasteiger charge is -2.14. The van der Waals surface area contributed by atoms with Gasteiger partial charge in [-0.2, -0.15) is 5.10 Å². The van der Waals surface area contributed by atoms with Gasteiger partial charge < -0.3 is 10.6 Å². The predicted molar refractivity (Wildman–Crippen MR) is 117 cm³/mol. The molecule has 0 aliphatic carbocycles. The summed E-state index contributed by atoms with van der Waals surface area (Å²) in [5, 5.41) is 14.1. The minimum absolute atomic E-state index is 0.0181. The van der Waals surface area contributed by atoms with Crippen LogP contribution in [0.15, 0.2) is 42.7 Å². The van der Waals surface area contributed by atoms with Crippen molar-refractivity contribution in [3.05, 3.63) is 59.8 Å². The van der Waals surface area contributed by atoms with Gasteiger partial charge in [0.1, 0.15) is 18.2 Å². The monoisotopic (exact) mass is 470 g/mol. The molecule has 2 aromatic heterocycles. The summed E-state index contributed by atoms with van der Waals surface area (Å²) < 4.78 is 30.0. The maximum absolute atomic E-state index is 13.4. The zero-order chi connectivity index (χ0) is 23.7. The minimum Gasteiger partial charge on any atom is -0.337 e. The second kappa shape index (κ2) is 8.93. The fourth-order valence-corrected chi connectivity index (χ4v) is 4.19. The van der Waals surface area contributed by atoms with Crippen LogP contribution in [0.4, 0.5) is 14.6 Å². The van der Waals surface area contributed by atoms with E-state index in [-0.39, 0.29) is 24.7 Å². The molecule has 0 spiro atoms. The van der Waals surface area contributed by atoms with Crippen molar-refractivity contribution in [2.45, 2.75) is 44.4 Å². The van der Waals surface area contributed by atoms with Crippen molar-refractivity contribution in [3.63, 3.8) is 0 Å². The fraction of sp³-hybridized carbons (Fsp3) is 0.409. The van der Waals surface area contributed by atoms with Crippen LogP contribution in [0, 0.1) is 0 Å². The number of anilines is 1. The number of carbonyl (C=O) groups is 2. The van der Waals surface area contributed by atoms with Crippen LogP contribution in [0.5, 0.6) is 0 Å². The van der Waals surface area contributed by atoms with Crippen LogP contribution in [-0.2, 0) is 24.4 Å². The Morgan fingerprint density at radius 2 is 2.00 bits per heavy atom. The molecule has 2 amide bonds. The van der Waals surface area contributed by atoms with Crippen LogP contribution in [0.3, 0.4) is 0 Å². The Kier molecular flexibility index (Phi) is 5.82. The lowest BCUT2D eigenvalue weighted by Crippen LogP contribution is -2.43. The average Bonchev–Trinajstić information content (AvgIpc) is 3.48. The van der Waals surface area contributed by atoms with Crippen LogP contribution in [0.1, 0.15) is 34.7 Å². The van der Waals surface area contributed by atoms with Crippen molar-refractivity contribution in [3.8, 4) is 0 Å². The summed E-state index contributed by atoms with van der Waals surface area (Å²) in [7, 11) is 0. The zero-order valence-electron chi connectivity index (χ0n) is 18.3. The second-order valence-corrected chi connectivity index (χ2v) is 8.62. The van der Waals surface area contributed by atoms with E-state index in [4.69, 9.17) is 0 Å². The molecule has 2 aliphatic rings. The number of halogens is 2. The number of amides is 2. The summed E-state index contributed by atoms with van der Waals surface area (Å²) in [6.07, 6.45) is 1.64. The highest BCUT2D eigenvalue weighted by atomic mass is 19.3. The highest BCUT2D eigenvalue weighted by Crippen LogP contribution is 2.28. The molecule has 1 aromatic carbocycles. The summed E-state index contributed by atoms with van der Waals surface area (Å²) in [6.45, 7) is 1.17. The van der Waals surface area contributed by atoms with E-state index in [1.165, 1.54) is 6.33 Å². The maximum Gasteiger partial charge on any atom is 0.291 e. The summed E-state index contributed by atoms with van der Waals surface area (Å²) in [5.41, 5.74) is 1.64. The molecule has 1 atom stereocenters. The largest absolute Gasteiger partial charge is 0.337 e. The molecular formula is C22H24F2N8O2. The standard InChI is InChI=1S/C22H24F2N8O2/c23-22(24)7-9-30(13-22)12-16-10-18-27-20(33)17(6-8-32(18)28-16)26-21(34)19-25-14-31(29-19)11-15-4-2-1-3-5-15/h1-5,10,14,17H,6-9,11-13H2,(H,26,34)(H,27,33). The summed E-state index contributed by atoms with van der Waals surface area (Å²) >= 11 is 0. The third-order valence-electron chi connectivity index (χ3n) is 5.89. The fourth-order valence-electron chi connectivity index (χ4n) is 4.19. The topological polar surface area (TPSA) is 110 Å². The molecular weight excluding hydrogens is 446 g/mol. The van der Waals surface area contributed by atoms with Crippen molar-refractivity contribution >= 4 is 17.6 Å². The van der Waals surface area contributed by atoms with E-state index in [1.807, 2.05) is 30.3 Å². The van der Waals surface area contributed by atoms with Crippen molar-refractivity contribution in [2.24, 2.45) is 0 Å². The molecule has 0 saturated carbocycles. The molecule has 2 aliphatic heterocycles. The number of hydrogen-bond acceptors (Lipinski definition) is 6. The number of rotatable bonds is 6. The number of fused-ring (bicyclic) bond motifs is 1. The molecule has 1 fully saturated rings. The number of aryl methyl sites for hydroxylation is 1. The van der Waals surface area contributed by atoms with E-state index in [9.17, 15) is 18.4 Å². The molecule has 12 heteroatoms. The molecule has 0 radical (unpaired) electrons. The summed E-state index contributed by atoms with van der Waals surface area (Å²) in [5.74, 6) is -3.12. The average molecular weight is 470 g/mol. The first-order valence-electron chi connectivity index (χ1n) is 11.1. The van der Waals surface area contributed by atoms with Crippen molar-refractivity contribution < 1.29 is 18.4 Å². The summed E-state index contributed by atoms with van der Waals surface area (Å²) in [6, 6.07) is 10.6. The van der Waals surface area contributed by atoms with Gasteiger partial charge >= 0.3 is 0 Å². The molecule has 0 bridgehead atoms. The van der Waals surface area contributed by atoms with Crippen LogP contribution in [0.2, 0.25) is 0 Å². The molecule has 3 aromatic rings. The Hall–Kier alpha value is -3.67. The van der Waals surface area contributed by atoms with Crippen molar-refractivity contribution in [1.29, 1.82) is 0 Å². The number of likely N-dealkylation sites (tertiary alicyclic amines) is 1. The SMILES string of the molecule is O=C(NC1CCn2nc(CN3CCC(F)(F)C3)cc2NC1=O)c1ncn(Cc2ccccc2)n1.